The molecule has 1 heterocycles. The van der Waals surface area contributed by atoms with Crippen LogP contribution in [0.3, 0.4) is 0 Å². The van der Waals surface area contributed by atoms with Crippen molar-refractivity contribution in [3.63, 3.8) is 0 Å². The van der Waals surface area contributed by atoms with E-state index in [0.717, 1.165) is 10.2 Å². The maximum absolute atomic E-state index is 12.5. The highest BCUT2D eigenvalue weighted by atomic mass is 32.1. The number of nitro benzene ring substituents is 1. The number of hydrogen-bond donors (Lipinski definition) is 0. The minimum absolute atomic E-state index is 0.00867. The van der Waals surface area contributed by atoms with Crippen molar-refractivity contribution in [2.45, 2.75) is 27.3 Å². The van der Waals surface area contributed by atoms with Gasteiger partial charge in [0.15, 0.2) is 4.80 Å². The lowest BCUT2D eigenvalue weighted by atomic mass is 10.1. The minimum atomic E-state index is -0.458. The Balaban J connectivity index is 1.92. The fourth-order valence-electron chi connectivity index (χ4n) is 2.93. The van der Waals surface area contributed by atoms with Crippen molar-refractivity contribution in [1.29, 1.82) is 0 Å². The Hall–Kier alpha value is -3.10. The zero-order valence-electron chi connectivity index (χ0n) is 17.1. The van der Waals surface area contributed by atoms with E-state index in [4.69, 9.17) is 4.74 Å². The van der Waals surface area contributed by atoms with E-state index in [-0.39, 0.29) is 5.69 Å². The molecule has 8 heteroatoms. The van der Waals surface area contributed by atoms with Crippen LogP contribution in [0, 0.1) is 24.0 Å². The number of nitrogens with zero attached hydrogens (tertiary/aromatic N) is 3. The van der Waals surface area contributed by atoms with Gasteiger partial charge in [0.25, 0.3) is 11.6 Å². The number of fused-ring (bicyclic) bond motifs is 1. The molecule has 30 heavy (non-hydrogen) atoms. The molecule has 0 radical (unpaired) electrons. The van der Waals surface area contributed by atoms with E-state index in [1.54, 1.807) is 18.2 Å². The highest BCUT2D eigenvalue weighted by molar-refractivity contribution is 7.16. The smallest absolute Gasteiger partial charge is 0.272 e. The van der Waals surface area contributed by atoms with E-state index >= 15 is 0 Å². The van der Waals surface area contributed by atoms with Gasteiger partial charge in [-0.15, -0.1) is 0 Å². The molecular weight excluding hydrogens is 402 g/mol. The van der Waals surface area contributed by atoms with Crippen molar-refractivity contribution in [3.05, 3.63) is 74.1 Å². The average molecular weight is 426 g/mol. The van der Waals surface area contributed by atoms with Crippen LogP contribution in [0.2, 0.25) is 0 Å². The van der Waals surface area contributed by atoms with Gasteiger partial charge in [0.1, 0.15) is 0 Å². The van der Waals surface area contributed by atoms with E-state index in [1.807, 2.05) is 11.5 Å². The first kappa shape index (κ1) is 21.6. The molecule has 0 N–H and O–H groups in total. The van der Waals surface area contributed by atoms with Crippen LogP contribution in [0.5, 0.6) is 0 Å². The number of non-ortho nitro benzene ring substituents is 1. The molecule has 0 aliphatic heterocycles. The van der Waals surface area contributed by atoms with Crippen LogP contribution < -0.4 is 4.80 Å². The van der Waals surface area contributed by atoms with Crippen LogP contribution in [-0.2, 0) is 16.1 Å². The molecular formula is C22H23N3O4S. The highest BCUT2D eigenvalue weighted by Crippen LogP contribution is 2.22. The second-order valence-electron chi connectivity index (χ2n) is 6.77. The summed E-state index contributed by atoms with van der Waals surface area (Å²) in [7, 11) is 0. The van der Waals surface area contributed by atoms with E-state index in [1.165, 1.54) is 40.7 Å². The molecule has 0 spiro atoms. The summed E-state index contributed by atoms with van der Waals surface area (Å²) in [5, 5.41) is 10.7. The van der Waals surface area contributed by atoms with Gasteiger partial charge in [0, 0.05) is 31.4 Å². The van der Waals surface area contributed by atoms with Gasteiger partial charge in [-0.3, -0.25) is 14.9 Å². The number of nitro groups is 1. The van der Waals surface area contributed by atoms with Gasteiger partial charge in [-0.2, -0.15) is 4.99 Å². The van der Waals surface area contributed by atoms with E-state index in [2.05, 4.69) is 31.0 Å². The number of hydrogen-bond acceptors (Lipinski definition) is 5. The van der Waals surface area contributed by atoms with Gasteiger partial charge in [0.05, 0.1) is 21.7 Å². The summed E-state index contributed by atoms with van der Waals surface area (Å²) in [6, 6.07) is 10.2. The predicted molar refractivity (Wildman–Crippen MR) is 118 cm³/mol. The number of carbonyl (C=O) groups excluding carboxylic acids is 1. The first-order valence-electron chi connectivity index (χ1n) is 9.58. The second-order valence-corrected chi connectivity index (χ2v) is 7.78. The summed E-state index contributed by atoms with van der Waals surface area (Å²) in [5.41, 5.74) is 4.11. The van der Waals surface area contributed by atoms with Crippen molar-refractivity contribution >= 4 is 39.2 Å². The number of aryl methyl sites for hydroxylation is 2. The van der Waals surface area contributed by atoms with Crippen LogP contribution in [0.1, 0.15) is 23.6 Å². The third kappa shape index (κ3) is 5.08. The standard InChI is InChI=1S/C22H23N3O4S/c1-4-29-12-11-24-19-13-15(2)16(3)14-20(19)30-22(24)23-21(26)10-7-17-5-8-18(9-6-17)25(27)28/h5-10,13-14H,4,11-12H2,1-3H3/b10-7-,23-22?. The summed E-state index contributed by atoms with van der Waals surface area (Å²) in [6.45, 7) is 7.85. The average Bonchev–Trinajstić information content (AvgIpc) is 3.03. The van der Waals surface area contributed by atoms with Crippen LogP contribution in [0.15, 0.2) is 47.5 Å². The Labute approximate surface area is 178 Å². The molecule has 1 aromatic heterocycles. The van der Waals surface area contributed by atoms with Crippen LogP contribution >= 0.6 is 11.3 Å². The van der Waals surface area contributed by atoms with Crippen LogP contribution in [0.25, 0.3) is 16.3 Å². The van der Waals surface area contributed by atoms with Gasteiger partial charge in [-0.25, -0.2) is 0 Å². The molecule has 0 aliphatic rings. The van der Waals surface area contributed by atoms with Gasteiger partial charge < -0.3 is 9.30 Å². The third-order valence-corrected chi connectivity index (χ3v) is 5.73. The lowest BCUT2D eigenvalue weighted by molar-refractivity contribution is -0.384. The molecule has 0 atom stereocenters. The Bertz CT molecular complexity index is 1170. The summed E-state index contributed by atoms with van der Waals surface area (Å²) >= 11 is 1.47. The number of carbonyl (C=O) groups is 1. The number of amides is 1. The lowest BCUT2D eigenvalue weighted by Crippen LogP contribution is -2.19. The van der Waals surface area contributed by atoms with Crippen molar-refractivity contribution in [2.75, 3.05) is 13.2 Å². The maximum atomic E-state index is 12.5. The van der Waals surface area contributed by atoms with Crippen molar-refractivity contribution in [2.24, 2.45) is 4.99 Å². The topological polar surface area (TPSA) is 86.7 Å². The Morgan fingerprint density at radius 3 is 2.60 bits per heavy atom. The SMILES string of the molecule is CCOCCn1c(=NC(=O)/C=C\c2ccc([N+](=O)[O-])cc2)sc2cc(C)c(C)cc21. The van der Waals surface area contributed by atoms with E-state index < -0.39 is 10.8 Å². The quantitative estimate of drug-likeness (QED) is 0.243. The number of ether oxygens (including phenoxy) is 1. The number of aromatic nitrogens is 1. The lowest BCUT2D eigenvalue weighted by Gasteiger charge is -2.07. The molecule has 0 bridgehead atoms. The van der Waals surface area contributed by atoms with Gasteiger partial charge in [-0.05, 0) is 67.8 Å². The number of thiazole rings is 1. The zero-order valence-corrected chi connectivity index (χ0v) is 17.9. The van der Waals surface area contributed by atoms with E-state index in [0.29, 0.717) is 30.1 Å². The molecule has 3 aromatic rings. The van der Waals surface area contributed by atoms with Gasteiger partial charge >= 0.3 is 0 Å². The number of rotatable bonds is 7. The molecule has 0 saturated carbocycles. The van der Waals surface area contributed by atoms with Crippen LogP contribution in [0.4, 0.5) is 5.69 Å². The van der Waals surface area contributed by atoms with E-state index in [9.17, 15) is 14.9 Å². The number of benzene rings is 2. The molecule has 156 valence electrons. The monoisotopic (exact) mass is 425 g/mol. The predicted octanol–water partition coefficient (Wildman–Crippen LogP) is 4.41. The molecule has 2 aromatic carbocycles. The largest absolute Gasteiger partial charge is 0.380 e. The fourth-order valence-corrected chi connectivity index (χ4v) is 4.07. The maximum Gasteiger partial charge on any atom is 0.272 e. The van der Waals surface area contributed by atoms with Gasteiger partial charge in [0.2, 0.25) is 0 Å². The summed E-state index contributed by atoms with van der Waals surface area (Å²) in [6.07, 6.45) is 2.97. The Morgan fingerprint density at radius 2 is 1.93 bits per heavy atom. The zero-order chi connectivity index (χ0) is 21.7. The summed E-state index contributed by atoms with van der Waals surface area (Å²) < 4.78 is 8.58. The molecule has 1 amide bonds. The second kappa shape index (κ2) is 9.60. The van der Waals surface area contributed by atoms with Crippen LogP contribution in [-0.4, -0.2) is 28.6 Å². The summed E-state index contributed by atoms with van der Waals surface area (Å²) in [5.74, 6) is -0.390. The Morgan fingerprint density at radius 1 is 1.23 bits per heavy atom. The van der Waals surface area contributed by atoms with Crippen molar-refractivity contribution < 1.29 is 14.5 Å². The highest BCUT2D eigenvalue weighted by Gasteiger charge is 2.09. The molecule has 0 unspecified atom stereocenters. The summed E-state index contributed by atoms with van der Waals surface area (Å²) in [4.78, 5) is 27.6. The molecule has 0 aliphatic carbocycles. The first-order chi connectivity index (χ1) is 14.4. The molecule has 3 rings (SSSR count). The van der Waals surface area contributed by atoms with Crippen molar-refractivity contribution in [1.82, 2.24) is 4.57 Å². The fraction of sp³-hybridized carbons (Fsp3) is 0.273. The third-order valence-electron chi connectivity index (χ3n) is 4.69. The molecule has 0 saturated heterocycles. The Kier molecular flexibility index (Phi) is 6.91. The minimum Gasteiger partial charge on any atom is -0.380 e. The molecule has 0 fully saturated rings. The molecule has 7 nitrogen and oxygen atoms in total. The first-order valence-corrected chi connectivity index (χ1v) is 10.4. The van der Waals surface area contributed by atoms with Crippen molar-refractivity contribution in [3.8, 4) is 0 Å². The normalized spacial score (nSPS) is 12.2. The van der Waals surface area contributed by atoms with Gasteiger partial charge in [-0.1, -0.05) is 11.3 Å².